The maximum Gasteiger partial charge on any atom is 0.356 e. The summed E-state index contributed by atoms with van der Waals surface area (Å²) in [7, 11) is 1.32. The molecule has 4 aromatic rings. The SMILES string of the molecule is COC(=O)c1c(NC(=O)Cc2ccccc2)c2cc(NCc3ccc(CO)o3)cnc2n1CC(C)C. The van der Waals surface area contributed by atoms with Crippen LogP contribution in [0.15, 0.2) is 59.1 Å². The number of amides is 1. The summed E-state index contributed by atoms with van der Waals surface area (Å²) in [5.41, 5.74) is 2.74. The van der Waals surface area contributed by atoms with E-state index in [-0.39, 0.29) is 30.5 Å². The number of pyridine rings is 1. The largest absolute Gasteiger partial charge is 0.464 e. The van der Waals surface area contributed by atoms with Gasteiger partial charge in [-0.3, -0.25) is 4.79 Å². The Balaban J connectivity index is 1.72. The minimum absolute atomic E-state index is 0.162. The van der Waals surface area contributed by atoms with Gasteiger partial charge < -0.3 is 29.5 Å². The van der Waals surface area contributed by atoms with Gasteiger partial charge in [-0.05, 0) is 29.7 Å². The van der Waals surface area contributed by atoms with Crippen molar-refractivity contribution in [1.82, 2.24) is 9.55 Å². The molecule has 0 unspecified atom stereocenters. The summed E-state index contributed by atoms with van der Waals surface area (Å²) < 4.78 is 12.4. The van der Waals surface area contributed by atoms with Gasteiger partial charge >= 0.3 is 5.97 Å². The molecular formula is C27H30N4O5. The molecule has 0 bridgehead atoms. The number of hydrogen-bond donors (Lipinski definition) is 3. The number of carbonyl (C=O) groups is 2. The van der Waals surface area contributed by atoms with Crippen molar-refractivity contribution < 1.29 is 23.8 Å². The van der Waals surface area contributed by atoms with E-state index < -0.39 is 5.97 Å². The summed E-state index contributed by atoms with van der Waals surface area (Å²) in [6, 6.07) is 14.8. The van der Waals surface area contributed by atoms with Gasteiger partial charge in [0.15, 0.2) is 5.69 Å². The number of aliphatic hydroxyl groups excluding tert-OH is 1. The van der Waals surface area contributed by atoms with E-state index in [4.69, 9.17) is 9.15 Å². The van der Waals surface area contributed by atoms with Crippen molar-refractivity contribution in [1.29, 1.82) is 0 Å². The van der Waals surface area contributed by atoms with E-state index in [2.05, 4.69) is 15.6 Å². The Bertz CT molecular complexity index is 1360. The Kier molecular flexibility index (Phi) is 7.70. The molecule has 9 heteroatoms. The topological polar surface area (TPSA) is 119 Å². The first-order valence-corrected chi connectivity index (χ1v) is 11.8. The van der Waals surface area contributed by atoms with E-state index in [0.717, 1.165) is 5.56 Å². The number of aliphatic hydroxyl groups is 1. The van der Waals surface area contributed by atoms with Crippen LogP contribution >= 0.6 is 0 Å². The number of nitrogens with one attached hydrogen (secondary N) is 2. The van der Waals surface area contributed by atoms with Gasteiger partial charge in [0.05, 0.1) is 37.6 Å². The van der Waals surface area contributed by atoms with Crippen LogP contribution in [0.5, 0.6) is 0 Å². The molecule has 0 aliphatic carbocycles. The Morgan fingerprint density at radius 3 is 2.56 bits per heavy atom. The lowest BCUT2D eigenvalue weighted by Gasteiger charge is -2.12. The highest BCUT2D eigenvalue weighted by Gasteiger charge is 2.26. The molecule has 0 fully saturated rings. The fourth-order valence-electron chi connectivity index (χ4n) is 4.06. The van der Waals surface area contributed by atoms with Crippen LogP contribution in [-0.4, -0.2) is 33.6 Å². The fraction of sp³-hybridized carbons (Fsp3) is 0.296. The first-order valence-electron chi connectivity index (χ1n) is 11.8. The molecule has 188 valence electrons. The van der Waals surface area contributed by atoms with Crippen LogP contribution in [0.1, 0.15) is 41.4 Å². The standard InChI is InChI=1S/C27H30N4O5/c1-17(2)15-31-25(27(34)35-3)24(30-23(33)11-18-7-5-4-6-8-18)22-12-19(13-29-26(22)31)28-14-20-9-10-21(16-32)36-20/h4-10,12-13,17,28,32H,11,14-16H2,1-3H3,(H,30,33). The summed E-state index contributed by atoms with van der Waals surface area (Å²) in [6.45, 7) is 4.81. The summed E-state index contributed by atoms with van der Waals surface area (Å²) >= 11 is 0. The molecule has 3 heterocycles. The zero-order valence-electron chi connectivity index (χ0n) is 20.6. The molecule has 4 rings (SSSR count). The minimum atomic E-state index is -0.551. The van der Waals surface area contributed by atoms with Crippen molar-refractivity contribution in [2.75, 3.05) is 17.7 Å². The first kappa shape index (κ1) is 25.0. The number of anilines is 2. The molecule has 3 aromatic heterocycles. The lowest BCUT2D eigenvalue weighted by molar-refractivity contribution is -0.115. The van der Waals surface area contributed by atoms with E-state index in [1.54, 1.807) is 22.9 Å². The third-order valence-electron chi connectivity index (χ3n) is 5.64. The molecule has 0 aliphatic heterocycles. The zero-order valence-corrected chi connectivity index (χ0v) is 20.6. The Hall–Kier alpha value is -4.11. The molecular weight excluding hydrogens is 460 g/mol. The van der Waals surface area contributed by atoms with E-state index in [1.807, 2.05) is 50.2 Å². The highest BCUT2D eigenvalue weighted by Crippen LogP contribution is 2.33. The third-order valence-corrected chi connectivity index (χ3v) is 5.64. The van der Waals surface area contributed by atoms with Crippen LogP contribution < -0.4 is 10.6 Å². The molecule has 0 atom stereocenters. The number of furan rings is 1. The van der Waals surface area contributed by atoms with Crippen LogP contribution in [0.2, 0.25) is 0 Å². The van der Waals surface area contributed by atoms with Gasteiger partial charge in [-0.1, -0.05) is 44.2 Å². The van der Waals surface area contributed by atoms with Gasteiger partial charge in [0.25, 0.3) is 0 Å². The number of nitrogens with zero attached hydrogens (tertiary/aromatic N) is 2. The maximum absolute atomic E-state index is 13.0. The number of aromatic nitrogens is 2. The summed E-state index contributed by atoms with van der Waals surface area (Å²) in [4.78, 5) is 30.5. The van der Waals surface area contributed by atoms with Crippen LogP contribution in [0.3, 0.4) is 0 Å². The van der Waals surface area contributed by atoms with Crippen molar-refractivity contribution in [2.45, 2.75) is 40.0 Å². The van der Waals surface area contributed by atoms with E-state index in [0.29, 0.717) is 47.0 Å². The molecule has 0 spiro atoms. The second kappa shape index (κ2) is 11.1. The molecule has 0 saturated carbocycles. The van der Waals surface area contributed by atoms with Gasteiger partial charge in [-0.25, -0.2) is 9.78 Å². The number of esters is 1. The smallest absolute Gasteiger partial charge is 0.356 e. The predicted molar refractivity (Wildman–Crippen MR) is 137 cm³/mol. The summed E-state index contributed by atoms with van der Waals surface area (Å²) in [6.07, 6.45) is 1.83. The number of rotatable bonds is 10. The Labute approximate surface area is 209 Å². The maximum atomic E-state index is 13.0. The number of ether oxygens (including phenoxy) is 1. The van der Waals surface area contributed by atoms with Gasteiger partial charge in [-0.15, -0.1) is 0 Å². The summed E-state index contributed by atoms with van der Waals surface area (Å²) in [5, 5.41) is 16.0. The second-order valence-corrected chi connectivity index (χ2v) is 8.91. The number of benzene rings is 1. The molecule has 0 saturated heterocycles. The lowest BCUT2D eigenvalue weighted by atomic mass is 10.1. The Morgan fingerprint density at radius 2 is 1.89 bits per heavy atom. The molecule has 0 aliphatic rings. The van der Waals surface area contributed by atoms with E-state index in [1.165, 1.54) is 7.11 Å². The zero-order chi connectivity index (χ0) is 25.7. The predicted octanol–water partition coefficient (Wildman–Crippen LogP) is 4.36. The van der Waals surface area contributed by atoms with Gasteiger partial charge in [0.2, 0.25) is 5.91 Å². The second-order valence-electron chi connectivity index (χ2n) is 8.91. The van der Waals surface area contributed by atoms with Crippen molar-refractivity contribution >= 4 is 34.3 Å². The average Bonchev–Trinajstić information content (AvgIpc) is 3.45. The molecule has 1 aromatic carbocycles. The Morgan fingerprint density at radius 1 is 1.14 bits per heavy atom. The van der Waals surface area contributed by atoms with Crippen molar-refractivity contribution in [3.63, 3.8) is 0 Å². The van der Waals surface area contributed by atoms with Crippen LogP contribution in [0.4, 0.5) is 11.4 Å². The lowest BCUT2D eigenvalue weighted by Crippen LogP contribution is -2.19. The third kappa shape index (κ3) is 5.58. The van der Waals surface area contributed by atoms with Crippen LogP contribution in [-0.2, 0) is 35.6 Å². The monoisotopic (exact) mass is 490 g/mol. The summed E-state index contributed by atoms with van der Waals surface area (Å²) in [5.74, 6) is 0.558. The van der Waals surface area contributed by atoms with Crippen molar-refractivity contribution in [2.24, 2.45) is 5.92 Å². The highest BCUT2D eigenvalue weighted by atomic mass is 16.5. The number of fused-ring (bicyclic) bond motifs is 1. The fourth-order valence-corrected chi connectivity index (χ4v) is 4.06. The van der Waals surface area contributed by atoms with Gasteiger partial charge in [0.1, 0.15) is 23.8 Å². The highest BCUT2D eigenvalue weighted by molar-refractivity contribution is 6.11. The quantitative estimate of drug-likeness (QED) is 0.283. The average molecular weight is 491 g/mol. The molecule has 36 heavy (non-hydrogen) atoms. The normalized spacial score (nSPS) is 11.1. The van der Waals surface area contributed by atoms with Gasteiger partial charge in [0, 0.05) is 11.9 Å². The van der Waals surface area contributed by atoms with Crippen molar-refractivity contribution in [3.05, 3.63) is 77.5 Å². The number of carbonyl (C=O) groups excluding carboxylic acids is 2. The van der Waals surface area contributed by atoms with E-state index in [9.17, 15) is 14.7 Å². The van der Waals surface area contributed by atoms with Gasteiger partial charge in [-0.2, -0.15) is 0 Å². The van der Waals surface area contributed by atoms with Crippen LogP contribution in [0.25, 0.3) is 11.0 Å². The van der Waals surface area contributed by atoms with Crippen LogP contribution in [0, 0.1) is 5.92 Å². The first-order chi connectivity index (χ1) is 17.4. The molecule has 0 radical (unpaired) electrons. The van der Waals surface area contributed by atoms with Crippen molar-refractivity contribution in [3.8, 4) is 0 Å². The number of hydrogen-bond acceptors (Lipinski definition) is 7. The molecule has 9 nitrogen and oxygen atoms in total. The molecule has 1 amide bonds. The number of methoxy groups -OCH3 is 1. The minimum Gasteiger partial charge on any atom is -0.464 e. The molecule has 3 N–H and O–H groups in total. The van der Waals surface area contributed by atoms with E-state index >= 15 is 0 Å².